The average Bonchev–Trinajstić information content (AvgIpc) is 3.54. The zero-order chi connectivity index (χ0) is 29.4. The predicted octanol–water partition coefficient (Wildman–Crippen LogP) is 5.72. The topological polar surface area (TPSA) is 99.8 Å². The Morgan fingerprint density at radius 3 is 2.64 bits per heavy atom. The summed E-state index contributed by atoms with van der Waals surface area (Å²) in [6.07, 6.45) is 5.34. The van der Waals surface area contributed by atoms with Gasteiger partial charge in [0.2, 0.25) is 0 Å². The summed E-state index contributed by atoms with van der Waals surface area (Å²) >= 11 is 0. The Kier molecular flexibility index (Phi) is 7.49. The van der Waals surface area contributed by atoms with Gasteiger partial charge in [0.25, 0.3) is 5.91 Å². The van der Waals surface area contributed by atoms with Crippen LogP contribution in [0.5, 0.6) is 0 Å². The standard InChI is InChI=1S/C33H34FN5O3/c1-3-20(2)25-7-5-4-6-21(25)12-14-35-32(40)29-17-30(22-8-9-22)39-31(36-29)18-28(37-39)26-11-10-24(16-27(26)34)38-15-13-23(19-38)33(41)42/h3-7,10-11,16-18,22-23H,8-9,12-15,19H2,1-2H3,(H,35,40)(H,41,42)/b20-3-/t23-/m0/s1. The molecule has 1 saturated heterocycles. The van der Waals surface area contributed by atoms with Gasteiger partial charge in [0, 0.05) is 48.6 Å². The molecule has 1 amide bonds. The summed E-state index contributed by atoms with van der Waals surface area (Å²) in [6, 6.07) is 16.7. The summed E-state index contributed by atoms with van der Waals surface area (Å²) in [5, 5.41) is 17.0. The molecule has 3 heterocycles. The Bertz CT molecular complexity index is 1710. The van der Waals surface area contributed by atoms with Gasteiger partial charge in [-0.15, -0.1) is 0 Å². The lowest BCUT2D eigenvalue weighted by molar-refractivity contribution is -0.140. The number of aliphatic carboxylic acids is 1. The van der Waals surface area contributed by atoms with E-state index in [-0.39, 0.29) is 11.8 Å². The highest BCUT2D eigenvalue weighted by molar-refractivity contribution is 5.93. The van der Waals surface area contributed by atoms with Crippen molar-refractivity contribution in [1.29, 1.82) is 0 Å². The van der Waals surface area contributed by atoms with Crippen LogP contribution >= 0.6 is 0 Å². The molecule has 2 fully saturated rings. The molecule has 1 atom stereocenters. The van der Waals surface area contributed by atoms with Gasteiger partial charge in [-0.1, -0.05) is 30.3 Å². The molecule has 2 aliphatic rings. The second-order valence-electron chi connectivity index (χ2n) is 11.2. The highest BCUT2D eigenvalue weighted by Gasteiger charge is 2.30. The molecule has 2 aromatic heterocycles. The van der Waals surface area contributed by atoms with Gasteiger partial charge in [0.1, 0.15) is 11.5 Å². The quantitative estimate of drug-likeness (QED) is 0.268. The van der Waals surface area contributed by atoms with Crippen LogP contribution in [0.3, 0.4) is 0 Å². The normalized spacial score (nSPS) is 17.2. The van der Waals surface area contributed by atoms with Crippen molar-refractivity contribution in [1.82, 2.24) is 19.9 Å². The number of aromatic nitrogens is 3. The molecule has 2 aromatic carbocycles. The molecule has 2 N–H and O–H groups in total. The largest absolute Gasteiger partial charge is 0.481 e. The second kappa shape index (κ2) is 11.4. The van der Waals surface area contributed by atoms with Gasteiger partial charge in [-0.2, -0.15) is 5.10 Å². The number of hydrogen-bond donors (Lipinski definition) is 2. The number of rotatable bonds is 9. The molecule has 1 saturated carbocycles. The lowest BCUT2D eigenvalue weighted by atomic mass is 9.98. The highest BCUT2D eigenvalue weighted by atomic mass is 19.1. The fraction of sp³-hybridized carbons (Fsp3) is 0.333. The summed E-state index contributed by atoms with van der Waals surface area (Å²) in [6.45, 7) is 5.52. The van der Waals surface area contributed by atoms with E-state index in [9.17, 15) is 14.7 Å². The first-order chi connectivity index (χ1) is 20.3. The van der Waals surface area contributed by atoms with E-state index in [4.69, 9.17) is 0 Å². The third-order valence-electron chi connectivity index (χ3n) is 8.37. The minimum Gasteiger partial charge on any atom is -0.481 e. The summed E-state index contributed by atoms with van der Waals surface area (Å²) in [5.74, 6) is -1.66. The highest BCUT2D eigenvalue weighted by Crippen LogP contribution is 2.40. The van der Waals surface area contributed by atoms with E-state index in [1.54, 1.807) is 28.8 Å². The van der Waals surface area contributed by atoms with Crippen molar-refractivity contribution in [2.24, 2.45) is 5.92 Å². The van der Waals surface area contributed by atoms with Gasteiger partial charge in [-0.3, -0.25) is 9.59 Å². The van der Waals surface area contributed by atoms with Crippen molar-refractivity contribution in [2.45, 2.75) is 45.4 Å². The SMILES string of the molecule is C/C=C(/C)c1ccccc1CCNC(=O)c1cc(C2CC2)n2nc(-c3ccc(N4CC[C@H](C(=O)O)C4)cc3F)cc2n1. The number of allylic oxidation sites excluding steroid dienone is 2. The molecule has 0 unspecified atom stereocenters. The van der Waals surface area contributed by atoms with Crippen LogP contribution in [0.15, 0.2) is 60.7 Å². The maximum Gasteiger partial charge on any atom is 0.308 e. The number of nitrogens with zero attached hydrogens (tertiary/aromatic N) is 4. The number of carboxylic acid groups (broad SMARTS) is 1. The number of fused-ring (bicyclic) bond motifs is 1. The zero-order valence-corrected chi connectivity index (χ0v) is 23.8. The Balaban J connectivity index is 1.22. The summed E-state index contributed by atoms with van der Waals surface area (Å²) in [5.41, 5.74) is 6.71. The van der Waals surface area contributed by atoms with Crippen molar-refractivity contribution in [3.05, 3.63) is 89.0 Å². The predicted molar refractivity (Wildman–Crippen MR) is 160 cm³/mol. The van der Waals surface area contributed by atoms with Crippen LogP contribution in [0.4, 0.5) is 10.1 Å². The number of amides is 1. The number of halogens is 1. The third kappa shape index (κ3) is 5.51. The fourth-order valence-corrected chi connectivity index (χ4v) is 5.70. The van der Waals surface area contributed by atoms with Crippen LogP contribution in [0.1, 0.15) is 66.3 Å². The van der Waals surface area contributed by atoms with Crippen molar-refractivity contribution < 1.29 is 19.1 Å². The molecular weight excluding hydrogens is 533 g/mol. The first-order valence-electron chi connectivity index (χ1n) is 14.5. The van der Waals surface area contributed by atoms with E-state index in [0.717, 1.165) is 18.5 Å². The van der Waals surface area contributed by atoms with Gasteiger partial charge < -0.3 is 15.3 Å². The molecule has 1 aliphatic heterocycles. The number of anilines is 1. The Labute approximate surface area is 243 Å². The molecule has 8 nitrogen and oxygen atoms in total. The van der Waals surface area contributed by atoms with E-state index in [0.29, 0.717) is 60.8 Å². The summed E-state index contributed by atoms with van der Waals surface area (Å²) < 4.78 is 17.1. The number of nitrogens with one attached hydrogen (secondary N) is 1. The van der Waals surface area contributed by atoms with E-state index in [1.165, 1.54) is 22.8 Å². The number of carbonyl (C=O) groups is 2. The molecule has 0 bridgehead atoms. The van der Waals surface area contributed by atoms with E-state index in [2.05, 4.69) is 40.5 Å². The smallest absolute Gasteiger partial charge is 0.308 e. The minimum atomic E-state index is -0.823. The van der Waals surface area contributed by atoms with Crippen LogP contribution < -0.4 is 10.2 Å². The first kappa shape index (κ1) is 27.6. The Morgan fingerprint density at radius 1 is 1.12 bits per heavy atom. The first-order valence-corrected chi connectivity index (χ1v) is 14.5. The van der Waals surface area contributed by atoms with Crippen LogP contribution in [0, 0.1) is 11.7 Å². The molecule has 42 heavy (non-hydrogen) atoms. The van der Waals surface area contributed by atoms with Crippen molar-refractivity contribution in [2.75, 3.05) is 24.5 Å². The summed E-state index contributed by atoms with van der Waals surface area (Å²) in [7, 11) is 0. The molecule has 0 spiro atoms. The van der Waals surface area contributed by atoms with Gasteiger partial charge in [-0.05, 0) is 80.5 Å². The number of hydrogen-bond acceptors (Lipinski definition) is 5. The van der Waals surface area contributed by atoms with E-state index < -0.39 is 17.7 Å². The van der Waals surface area contributed by atoms with E-state index in [1.807, 2.05) is 24.0 Å². The molecule has 9 heteroatoms. The Hall–Kier alpha value is -4.53. The van der Waals surface area contributed by atoms with Crippen LogP contribution in [0.25, 0.3) is 22.5 Å². The molecule has 216 valence electrons. The average molecular weight is 568 g/mol. The molecule has 6 rings (SSSR count). The lowest BCUT2D eigenvalue weighted by Gasteiger charge is -2.18. The maximum atomic E-state index is 15.4. The zero-order valence-electron chi connectivity index (χ0n) is 23.8. The van der Waals surface area contributed by atoms with Crippen LogP contribution in [-0.2, 0) is 11.2 Å². The van der Waals surface area contributed by atoms with Gasteiger partial charge in [-0.25, -0.2) is 13.9 Å². The van der Waals surface area contributed by atoms with Crippen LogP contribution in [-0.4, -0.2) is 51.2 Å². The van der Waals surface area contributed by atoms with Crippen molar-refractivity contribution in [3.8, 4) is 11.3 Å². The monoisotopic (exact) mass is 567 g/mol. The Morgan fingerprint density at radius 2 is 1.93 bits per heavy atom. The van der Waals surface area contributed by atoms with Gasteiger partial charge >= 0.3 is 5.97 Å². The van der Waals surface area contributed by atoms with Gasteiger partial charge in [0.05, 0.1) is 11.6 Å². The number of carboxylic acids is 1. The van der Waals surface area contributed by atoms with Crippen molar-refractivity contribution >= 4 is 28.8 Å². The summed E-state index contributed by atoms with van der Waals surface area (Å²) in [4.78, 5) is 31.0. The van der Waals surface area contributed by atoms with Crippen LogP contribution in [0.2, 0.25) is 0 Å². The van der Waals surface area contributed by atoms with Crippen molar-refractivity contribution in [3.63, 3.8) is 0 Å². The maximum absolute atomic E-state index is 15.4. The molecular formula is C33H34FN5O3. The third-order valence-corrected chi connectivity index (χ3v) is 8.37. The minimum absolute atomic E-state index is 0.247. The molecule has 0 radical (unpaired) electrons. The second-order valence-corrected chi connectivity index (χ2v) is 11.2. The number of carbonyl (C=O) groups excluding carboxylic acids is 1. The molecule has 1 aliphatic carbocycles. The molecule has 4 aromatic rings. The fourth-order valence-electron chi connectivity index (χ4n) is 5.70. The lowest BCUT2D eigenvalue weighted by Crippen LogP contribution is -2.27. The van der Waals surface area contributed by atoms with E-state index >= 15 is 4.39 Å². The number of benzene rings is 2. The van der Waals surface area contributed by atoms with Gasteiger partial charge in [0.15, 0.2) is 5.65 Å².